The van der Waals surface area contributed by atoms with E-state index in [4.69, 9.17) is 4.74 Å². The largest absolute Gasteiger partial charge is 0.462 e. The van der Waals surface area contributed by atoms with E-state index >= 15 is 0 Å². The molecule has 0 saturated heterocycles. The summed E-state index contributed by atoms with van der Waals surface area (Å²) >= 11 is 0. The van der Waals surface area contributed by atoms with Crippen molar-refractivity contribution in [2.75, 3.05) is 6.61 Å². The highest BCUT2D eigenvalue weighted by Crippen LogP contribution is 2.19. The summed E-state index contributed by atoms with van der Waals surface area (Å²) < 4.78 is 5.95. The molecule has 0 saturated carbocycles. The highest BCUT2D eigenvalue weighted by molar-refractivity contribution is 5.77. The monoisotopic (exact) mass is 862 g/mol. The zero-order valence-corrected chi connectivity index (χ0v) is 41.3. The van der Waals surface area contributed by atoms with Gasteiger partial charge in [0.1, 0.15) is 6.10 Å². The van der Waals surface area contributed by atoms with Gasteiger partial charge < -0.3 is 20.3 Å². The van der Waals surface area contributed by atoms with Gasteiger partial charge in [0.05, 0.1) is 25.2 Å². The molecule has 0 aliphatic rings. The Balaban J connectivity index is 4.52. The Hall–Kier alpha value is -1.40. The van der Waals surface area contributed by atoms with E-state index in [1.54, 1.807) is 0 Å². The zero-order valence-electron chi connectivity index (χ0n) is 41.3. The second-order valence-electron chi connectivity index (χ2n) is 19.0. The summed E-state index contributed by atoms with van der Waals surface area (Å²) in [6.07, 6.45) is 55.5. The van der Waals surface area contributed by atoms with Crippen LogP contribution in [0.1, 0.15) is 303 Å². The molecule has 362 valence electrons. The summed E-state index contributed by atoms with van der Waals surface area (Å²) in [5.41, 5.74) is 0. The van der Waals surface area contributed by atoms with Crippen molar-refractivity contribution >= 4 is 11.9 Å². The maximum atomic E-state index is 13.2. The summed E-state index contributed by atoms with van der Waals surface area (Å²) in [5, 5.41) is 23.8. The Labute approximate surface area is 380 Å². The molecule has 0 spiro atoms. The molecule has 6 heteroatoms. The normalized spacial score (nSPS) is 13.2. The van der Waals surface area contributed by atoms with Crippen LogP contribution in [0.4, 0.5) is 0 Å². The smallest absolute Gasteiger partial charge is 0.306 e. The molecule has 3 unspecified atom stereocenters. The molecular formula is C55H107NO5. The minimum atomic E-state index is -0.782. The van der Waals surface area contributed by atoms with Crippen LogP contribution >= 0.6 is 0 Å². The Kier molecular flexibility index (Phi) is 48.5. The highest BCUT2D eigenvalue weighted by atomic mass is 16.5. The lowest BCUT2D eigenvalue weighted by Gasteiger charge is -2.24. The maximum Gasteiger partial charge on any atom is 0.306 e. The standard InChI is InChI=1S/C55H107NO5/c1-4-7-10-13-16-19-22-25-27-30-33-36-39-42-45-48-55(60)61-51(46-43-40-37-34-31-29-26-23-20-17-14-11-8-5-2)49-54(59)56-52(50-57)53(58)47-44-41-38-35-32-28-24-21-18-15-12-9-6-3/h19,22,51-53,57-58H,4-18,20-21,23-50H2,1-3H3,(H,56,59)/b22-19-. The van der Waals surface area contributed by atoms with Crippen molar-refractivity contribution < 1.29 is 24.5 Å². The fourth-order valence-electron chi connectivity index (χ4n) is 8.66. The molecule has 0 radical (unpaired) electrons. The first-order valence-corrected chi connectivity index (χ1v) is 27.4. The SMILES string of the molecule is CCCCCC/C=C\CCCCCCCCCC(=O)OC(CCCCCCCCCCCCCCCC)CC(=O)NC(CO)C(O)CCCCCCCCCCCCCCC. The fourth-order valence-corrected chi connectivity index (χ4v) is 8.66. The minimum Gasteiger partial charge on any atom is -0.462 e. The van der Waals surface area contributed by atoms with Crippen LogP contribution in [0, 0.1) is 0 Å². The van der Waals surface area contributed by atoms with Crippen LogP contribution in [-0.2, 0) is 14.3 Å². The quantitative estimate of drug-likeness (QED) is 0.0322. The first-order chi connectivity index (χ1) is 30.0. The van der Waals surface area contributed by atoms with Crippen LogP contribution in [0.5, 0.6) is 0 Å². The number of carbonyl (C=O) groups excluding carboxylic acids is 2. The Morgan fingerprint density at radius 1 is 0.459 bits per heavy atom. The third kappa shape index (κ3) is 45.0. The summed E-state index contributed by atoms with van der Waals surface area (Å²) in [7, 11) is 0. The van der Waals surface area contributed by atoms with Crippen molar-refractivity contribution in [3.8, 4) is 0 Å². The van der Waals surface area contributed by atoms with Crippen LogP contribution in [0.2, 0.25) is 0 Å². The molecule has 0 aromatic heterocycles. The van der Waals surface area contributed by atoms with Gasteiger partial charge >= 0.3 is 5.97 Å². The van der Waals surface area contributed by atoms with Crippen molar-refractivity contribution in [1.29, 1.82) is 0 Å². The summed E-state index contributed by atoms with van der Waals surface area (Å²) in [6.45, 7) is 6.50. The third-order valence-electron chi connectivity index (χ3n) is 12.8. The molecule has 3 N–H and O–H groups in total. The van der Waals surface area contributed by atoms with E-state index < -0.39 is 18.2 Å². The van der Waals surface area contributed by atoms with Gasteiger partial charge in [0.25, 0.3) is 0 Å². The molecule has 0 aliphatic carbocycles. The van der Waals surface area contributed by atoms with Gasteiger partial charge in [-0.05, 0) is 51.4 Å². The number of carbonyl (C=O) groups is 2. The molecule has 0 aromatic rings. The molecule has 6 nitrogen and oxygen atoms in total. The highest BCUT2D eigenvalue weighted by Gasteiger charge is 2.24. The molecule has 0 aromatic carbocycles. The van der Waals surface area contributed by atoms with E-state index in [-0.39, 0.29) is 24.9 Å². The van der Waals surface area contributed by atoms with Crippen LogP contribution in [0.15, 0.2) is 12.2 Å². The maximum absolute atomic E-state index is 13.2. The first-order valence-electron chi connectivity index (χ1n) is 27.4. The number of esters is 1. The number of unbranched alkanes of at least 4 members (excludes halogenated alkanes) is 36. The van der Waals surface area contributed by atoms with E-state index in [2.05, 4.69) is 38.2 Å². The second kappa shape index (κ2) is 49.6. The number of hydrogen-bond donors (Lipinski definition) is 3. The number of ether oxygens (including phenoxy) is 1. The van der Waals surface area contributed by atoms with Gasteiger partial charge in [0, 0.05) is 6.42 Å². The van der Waals surface area contributed by atoms with Crippen LogP contribution in [0.3, 0.4) is 0 Å². The molecule has 0 bridgehead atoms. The van der Waals surface area contributed by atoms with Gasteiger partial charge in [0.2, 0.25) is 5.91 Å². The number of aliphatic hydroxyl groups excluding tert-OH is 2. The summed E-state index contributed by atoms with van der Waals surface area (Å²) in [6, 6.07) is -0.695. The Morgan fingerprint density at radius 2 is 0.787 bits per heavy atom. The molecule has 0 fully saturated rings. The van der Waals surface area contributed by atoms with E-state index in [0.717, 1.165) is 44.9 Å². The summed E-state index contributed by atoms with van der Waals surface area (Å²) in [5.74, 6) is -0.458. The molecule has 0 aliphatic heterocycles. The van der Waals surface area contributed by atoms with Gasteiger partial charge in [-0.3, -0.25) is 9.59 Å². The molecule has 0 rings (SSSR count). The second-order valence-corrected chi connectivity index (χ2v) is 19.0. The first kappa shape index (κ1) is 59.6. The number of hydrogen-bond acceptors (Lipinski definition) is 5. The number of nitrogens with one attached hydrogen (secondary N) is 1. The van der Waals surface area contributed by atoms with E-state index in [1.807, 2.05) is 0 Å². The lowest BCUT2D eigenvalue weighted by Crippen LogP contribution is -2.46. The average Bonchev–Trinajstić information content (AvgIpc) is 3.25. The van der Waals surface area contributed by atoms with Crippen LogP contribution in [-0.4, -0.2) is 46.9 Å². The lowest BCUT2D eigenvalue weighted by molar-refractivity contribution is -0.151. The van der Waals surface area contributed by atoms with Crippen molar-refractivity contribution in [1.82, 2.24) is 5.32 Å². The van der Waals surface area contributed by atoms with Crippen LogP contribution in [0.25, 0.3) is 0 Å². The van der Waals surface area contributed by atoms with Gasteiger partial charge in [0.15, 0.2) is 0 Å². The van der Waals surface area contributed by atoms with Crippen molar-refractivity contribution in [3.63, 3.8) is 0 Å². The summed E-state index contributed by atoms with van der Waals surface area (Å²) in [4.78, 5) is 26.2. The number of allylic oxidation sites excluding steroid dienone is 2. The number of aliphatic hydroxyl groups is 2. The topological polar surface area (TPSA) is 95.9 Å². The van der Waals surface area contributed by atoms with Gasteiger partial charge in [-0.25, -0.2) is 0 Å². The van der Waals surface area contributed by atoms with Crippen LogP contribution < -0.4 is 5.32 Å². The predicted octanol–water partition coefficient (Wildman–Crippen LogP) is 16.5. The predicted molar refractivity (Wildman–Crippen MR) is 264 cm³/mol. The van der Waals surface area contributed by atoms with Crippen molar-refractivity contribution in [3.05, 3.63) is 12.2 Å². The Bertz CT molecular complexity index is 924. The molecule has 3 atom stereocenters. The minimum absolute atomic E-state index is 0.0835. The van der Waals surface area contributed by atoms with Crippen molar-refractivity contribution in [2.24, 2.45) is 0 Å². The molecule has 61 heavy (non-hydrogen) atoms. The fraction of sp³-hybridized carbons (Fsp3) is 0.927. The number of amides is 1. The molecule has 0 heterocycles. The van der Waals surface area contributed by atoms with Crippen molar-refractivity contribution in [2.45, 2.75) is 322 Å². The van der Waals surface area contributed by atoms with Gasteiger partial charge in [-0.2, -0.15) is 0 Å². The van der Waals surface area contributed by atoms with Gasteiger partial charge in [-0.1, -0.05) is 251 Å². The Morgan fingerprint density at radius 3 is 1.18 bits per heavy atom. The zero-order chi connectivity index (χ0) is 44.5. The number of rotatable bonds is 50. The molecular weight excluding hydrogens is 755 g/mol. The van der Waals surface area contributed by atoms with Gasteiger partial charge in [-0.15, -0.1) is 0 Å². The lowest BCUT2D eigenvalue weighted by atomic mass is 10.0. The van der Waals surface area contributed by atoms with E-state index in [1.165, 1.54) is 212 Å². The average molecular weight is 862 g/mol. The molecule has 1 amide bonds. The van der Waals surface area contributed by atoms with E-state index in [0.29, 0.717) is 19.3 Å². The third-order valence-corrected chi connectivity index (χ3v) is 12.8. The van der Waals surface area contributed by atoms with E-state index in [9.17, 15) is 19.8 Å².